The van der Waals surface area contributed by atoms with Crippen LogP contribution in [0, 0.1) is 0 Å². The first-order valence-corrected chi connectivity index (χ1v) is 4.31. The first-order chi connectivity index (χ1) is 5.31. The van der Waals surface area contributed by atoms with Gasteiger partial charge in [0.05, 0.1) is 0 Å². The van der Waals surface area contributed by atoms with Gasteiger partial charge in [-0.15, -0.1) is 0 Å². The van der Waals surface area contributed by atoms with E-state index >= 15 is 0 Å². The van der Waals surface area contributed by atoms with Crippen LogP contribution in [0.1, 0.15) is 13.3 Å². The first kappa shape index (κ1) is 10.9. The predicted octanol–water partition coefficient (Wildman–Crippen LogP) is -0.0899. The molecule has 0 saturated heterocycles. The van der Waals surface area contributed by atoms with Crippen molar-refractivity contribution in [1.29, 1.82) is 0 Å². The fourth-order valence-corrected chi connectivity index (χ4v) is 0.757. The molecule has 0 aliphatic rings. The molecule has 0 aliphatic carbocycles. The Morgan fingerprint density at radius 3 is 2.64 bits per heavy atom. The Hall–Kier alpha value is -0.120. The molecule has 2 N–H and O–H groups in total. The van der Waals surface area contributed by atoms with Crippen LogP contribution >= 0.6 is 0 Å². The largest absolute Gasteiger partial charge is 0.396 e. The summed E-state index contributed by atoms with van der Waals surface area (Å²) in [4.78, 5) is 2.26. The van der Waals surface area contributed by atoms with Gasteiger partial charge in [-0.25, -0.2) is 0 Å². The van der Waals surface area contributed by atoms with Gasteiger partial charge in [-0.2, -0.15) is 0 Å². The molecule has 0 atom stereocenters. The fourth-order valence-electron chi connectivity index (χ4n) is 0.757. The second-order valence-electron chi connectivity index (χ2n) is 2.72. The number of rotatable bonds is 7. The van der Waals surface area contributed by atoms with Crippen LogP contribution in [0.25, 0.3) is 0 Å². The lowest BCUT2D eigenvalue weighted by Crippen LogP contribution is -2.29. The van der Waals surface area contributed by atoms with E-state index in [1.165, 1.54) is 0 Å². The van der Waals surface area contributed by atoms with E-state index in [9.17, 15) is 0 Å². The van der Waals surface area contributed by atoms with Crippen LogP contribution in [0.15, 0.2) is 0 Å². The molecule has 11 heavy (non-hydrogen) atoms. The Balaban J connectivity index is 2.89. The Morgan fingerprint density at radius 1 is 1.36 bits per heavy atom. The van der Waals surface area contributed by atoms with Crippen molar-refractivity contribution in [2.24, 2.45) is 0 Å². The van der Waals surface area contributed by atoms with Crippen molar-refractivity contribution in [3.63, 3.8) is 0 Å². The maximum atomic E-state index is 8.47. The van der Waals surface area contributed by atoms with Crippen LogP contribution in [0.3, 0.4) is 0 Å². The minimum absolute atomic E-state index is 0.288. The van der Waals surface area contributed by atoms with Crippen LogP contribution in [0.4, 0.5) is 0 Å². The molecule has 0 aromatic heterocycles. The summed E-state index contributed by atoms with van der Waals surface area (Å²) >= 11 is 0. The summed E-state index contributed by atoms with van der Waals surface area (Å²) in [5.74, 6) is 0. The van der Waals surface area contributed by atoms with E-state index in [1.54, 1.807) is 0 Å². The van der Waals surface area contributed by atoms with Crippen LogP contribution in [0.2, 0.25) is 0 Å². The molecule has 0 rings (SSSR count). The molecule has 0 amide bonds. The van der Waals surface area contributed by atoms with E-state index in [1.807, 2.05) is 0 Å². The molecule has 0 unspecified atom stereocenters. The van der Waals surface area contributed by atoms with Crippen LogP contribution in [-0.4, -0.2) is 49.8 Å². The number of hydrogen-bond acceptors (Lipinski definition) is 3. The van der Waals surface area contributed by atoms with Crippen LogP contribution in [0.5, 0.6) is 0 Å². The lowest BCUT2D eigenvalue weighted by atomic mass is 10.4. The van der Waals surface area contributed by atoms with E-state index in [4.69, 9.17) is 5.11 Å². The van der Waals surface area contributed by atoms with Crippen molar-refractivity contribution in [1.82, 2.24) is 10.2 Å². The van der Waals surface area contributed by atoms with Crippen molar-refractivity contribution >= 4 is 0 Å². The SMILES string of the molecule is CCN(C)CCNCCCO. The summed E-state index contributed by atoms with van der Waals surface area (Å²) in [6.45, 7) is 6.56. The Labute approximate surface area is 69.4 Å². The van der Waals surface area contributed by atoms with Crippen LogP contribution in [-0.2, 0) is 0 Å². The average molecular weight is 160 g/mol. The third kappa shape index (κ3) is 7.78. The van der Waals surface area contributed by atoms with E-state index in [0.717, 1.165) is 32.6 Å². The zero-order valence-electron chi connectivity index (χ0n) is 7.64. The third-order valence-electron chi connectivity index (χ3n) is 1.72. The number of nitrogens with one attached hydrogen (secondary N) is 1. The van der Waals surface area contributed by atoms with Crippen molar-refractivity contribution in [3.05, 3.63) is 0 Å². The molecule has 0 aromatic carbocycles. The number of hydrogen-bond donors (Lipinski definition) is 2. The van der Waals surface area contributed by atoms with Gasteiger partial charge >= 0.3 is 0 Å². The van der Waals surface area contributed by atoms with Gasteiger partial charge in [0.15, 0.2) is 0 Å². The topological polar surface area (TPSA) is 35.5 Å². The van der Waals surface area contributed by atoms with E-state index < -0.39 is 0 Å². The first-order valence-electron chi connectivity index (χ1n) is 4.31. The zero-order valence-corrected chi connectivity index (χ0v) is 7.64. The molecule has 0 bridgehead atoms. The predicted molar refractivity (Wildman–Crippen MR) is 47.7 cm³/mol. The van der Waals surface area contributed by atoms with Gasteiger partial charge in [0.2, 0.25) is 0 Å². The summed E-state index contributed by atoms with van der Waals surface area (Å²) < 4.78 is 0. The summed E-state index contributed by atoms with van der Waals surface area (Å²) in [6, 6.07) is 0. The maximum absolute atomic E-state index is 8.47. The molecule has 0 aromatic rings. The number of nitrogens with zero attached hydrogens (tertiary/aromatic N) is 1. The number of likely N-dealkylation sites (N-methyl/N-ethyl adjacent to an activating group) is 1. The highest BCUT2D eigenvalue weighted by molar-refractivity contribution is 4.52. The standard InChI is InChI=1S/C8H20N2O/c1-3-10(2)7-6-9-5-4-8-11/h9,11H,3-8H2,1-2H3. The number of aliphatic hydroxyl groups excluding tert-OH is 1. The van der Waals surface area contributed by atoms with Crippen LogP contribution < -0.4 is 5.32 Å². The van der Waals surface area contributed by atoms with Gasteiger partial charge < -0.3 is 15.3 Å². The molecular weight excluding hydrogens is 140 g/mol. The minimum Gasteiger partial charge on any atom is -0.396 e. The van der Waals surface area contributed by atoms with Crippen molar-refractivity contribution < 1.29 is 5.11 Å². The Bertz CT molecular complexity index is 78.5. The Morgan fingerprint density at radius 2 is 2.09 bits per heavy atom. The molecule has 68 valence electrons. The second kappa shape index (κ2) is 7.98. The van der Waals surface area contributed by atoms with Crippen molar-refractivity contribution in [2.75, 3.05) is 39.8 Å². The van der Waals surface area contributed by atoms with Gasteiger partial charge in [-0.05, 0) is 26.6 Å². The molecule has 0 radical (unpaired) electrons. The molecule has 3 heteroatoms. The highest BCUT2D eigenvalue weighted by atomic mass is 16.3. The summed E-state index contributed by atoms with van der Waals surface area (Å²) in [6.07, 6.45) is 0.857. The molecule has 0 aliphatic heterocycles. The van der Waals surface area contributed by atoms with Gasteiger partial charge in [0.25, 0.3) is 0 Å². The second-order valence-corrected chi connectivity index (χ2v) is 2.72. The van der Waals surface area contributed by atoms with E-state index in [-0.39, 0.29) is 6.61 Å². The molecule has 0 heterocycles. The smallest absolute Gasteiger partial charge is 0.0443 e. The van der Waals surface area contributed by atoms with Crippen molar-refractivity contribution in [2.45, 2.75) is 13.3 Å². The molecule has 0 saturated carbocycles. The molecule has 0 fully saturated rings. The molecule has 0 spiro atoms. The normalized spacial score (nSPS) is 10.9. The van der Waals surface area contributed by atoms with E-state index in [0.29, 0.717) is 0 Å². The highest BCUT2D eigenvalue weighted by Gasteiger charge is 1.91. The van der Waals surface area contributed by atoms with Gasteiger partial charge in [0, 0.05) is 19.7 Å². The molecular formula is C8H20N2O. The fraction of sp³-hybridized carbons (Fsp3) is 1.00. The average Bonchev–Trinajstić information content (AvgIpc) is 2.04. The Kier molecular flexibility index (Phi) is 7.89. The highest BCUT2D eigenvalue weighted by Crippen LogP contribution is 1.78. The quantitative estimate of drug-likeness (QED) is 0.511. The zero-order chi connectivity index (χ0) is 8.53. The summed E-state index contributed by atoms with van der Waals surface area (Å²) in [5.41, 5.74) is 0. The van der Waals surface area contributed by atoms with Crippen molar-refractivity contribution in [3.8, 4) is 0 Å². The monoisotopic (exact) mass is 160 g/mol. The summed E-state index contributed by atoms with van der Waals surface area (Å²) in [5, 5.41) is 11.7. The lowest BCUT2D eigenvalue weighted by molar-refractivity contribution is 0.283. The third-order valence-corrected chi connectivity index (χ3v) is 1.72. The van der Waals surface area contributed by atoms with Gasteiger partial charge in [-0.3, -0.25) is 0 Å². The van der Waals surface area contributed by atoms with Gasteiger partial charge in [-0.1, -0.05) is 6.92 Å². The maximum Gasteiger partial charge on any atom is 0.0443 e. The lowest BCUT2D eigenvalue weighted by Gasteiger charge is -2.13. The van der Waals surface area contributed by atoms with E-state index in [2.05, 4.69) is 24.2 Å². The molecule has 3 nitrogen and oxygen atoms in total. The summed E-state index contributed by atoms with van der Waals surface area (Å²) in [7, 11) is 2.10. The minimum atomic E-state index is 0.288. The van der Waals surface area contributed by atoms with Gasteiger partial charge in [0.1, 0.15) is 0 Å². The number of aliphatic hydroxyl groups is 1.